The number of aromatic hydroxyl groups is 1. The zero-order valence-corrected chi connectivity index (χ0v) is 15.0. The van der Waals surface area contributed by atoms with Crippen LogP contribution in [0.2, 0.25) is 0 Å². The van der Waals surface area contributed by atoms with E-state index in [0.29, 0.717) is 11.8 Å². The number of likely N-dealkylation sites (N-methyl/N-ethyl adjacent to an activating group) is 1. The average molecular weight is 329 g/mol. The third-order valence-corrected chi connectivity index (χ3v) is 5.64. The van der Waals surface area contributed by atoms with E-state index in [9.17, 15) is 5.11 Å². The van der Waals surface area contributed by atoms with E-state index >= 15 is 0 Å². The quantitative estimate of drug-likeness (QED) is 0.682. The SMILES string of the molecule is C=C/C=C(/OC)[C@@H]1Oc2c(O)ccc3c2[C@@]1(C)CCN(C)[C@@H](C)C3. The van der Waals surface area contributed by atoms with Gasteiger partial charge in [-0.25, -0.2) is 0 Å². The molecule has 2 aliphatic rings. The lowest BCUT2D eigenvalue weighted by molar-refractivity contribution is 0.0984. The van der Waals surface area contributed by atoms with Crippen molar-refractivity contribution >= 4 is 0 Å². The van der Waals surface area contributed by atoms with Crippen molar-refractivity contribution in [2.75, 3.05) is 20.7 Å². The Kier molecular flexibility index (Phi) is 4.35. The Morgan fingerprint density at radius 2 is 2.25 bits per heavy atom. The van der Waals surface area contributed by atoms with Crippen molar-refractivity contribution in [3.63, 3.8) is 0 Å². The zero-order chi connectivity index (χ0) is 17.5. The van der Waals surface area contributed by atoms with Gasteiger partial charge >= 0.3 is 0 Å². The maximum Gasteiger partial charge on any atom is 0.166 e. The molecule has 1 aromatic carbocycles. The molecule has 3 atom stereocenters. The molecule has 0 spiro atoms. The van der Waals surface area contributed by atoms with Gasteiger partial charge < -0.3 is 19.5 Å². The summed E-state index contributed by atoms with van der Waals surface area (Å²) in [5.41, 5.74) is 2.14. The molecule has 130 valence electrons. The van der Waals surface area contributed by atoms with Crippen molar-refractivity contribution in [1.82, 2.24) is 4.90 Å². The third kappa shape index (κ3) is 2.49. The van der Waals surface area contributed by atoms with Gasteiger partial charge in [0.05, 0.1) is 7.11 Å². The maximum atomic E-state index is 10.4. The summed E-state index contributed by atoms with van der Waals surface area (Å²) in [5, 5.41) is 10.4. The molecule has 0 bridgehead atoms. The van der Waals surface area contributed by atoms with Gasteiger partial charge in [-0.1, -0.05) is 25.6 Å². The van der Waals surface area contributed by atoms with Crippen LogP contribution in [0.3, 0.4) is 0 Å². The van der Waals surface area contributed by atoms with E-state index in [-0.39, 0.29) is 17.3 Å². The first-order valence-electron chi connectivity index (χ1n) is 8.51. The summed E-state index contributed by atoms with van der Waals surface area (Å²) >= 11 is 0. The highest BCUT2D eigenvalue weighted by Gasteiger charge is 2.50. The molecule has 0 radical (unpaired) electrons. The molecule has 0 fully saturated rings. The van der Waals surface area contributed by atoms with Gasteiger partial charge in [0.15, 0.2) is 17.6 Å². The number of nitrogens with zero attached hydrogens (tertiary/aromatic N) is 1. The van der Waals surface area contributed by atoms with E-state index in [2.05, 4.69) is 32.4 Å². The van der Waals surface area contributed by atoms with Crippen molar-refractivity contribution in [1.29, 1.82) is 0 Å². The lowest BCUT2D eigenvalue weighted by Gasteiger charge is -2.37. The van der Waals surface area contributed by atoms with Gasteiger partial charge in [0.1, 0.15) is 5.76 Å². The van der Waals surface area contributed by atoms with Crippen molar-refractivity contribution < 1.29 is 14.6 Å². The van der Waals surface area contributed by atoms with Crippen LogP contribution in [0.15, 0.2) is 36.6 Å². The maximum absolute atomic E-state index is 10.4. The highest BCUT2D eigenvalue weighted by atomic mass is 16.5. The molecule has 0 unspecified atom stereocenters. The number of hydrogen-bond donors (Lipinski definition) is 1. The number of allylic oxidation sites excluding steroid dienone is 2. The number of rotatable bonds is 3. The minimum Gasteiger partial charge on any atom is -0.504 e. The first-order valence-corrected chi connectivity index (χ1v) is 8.51. The zero-order valence-electron chi connectivity index (χ0n) is 15.0. The van der Waals surface area contributed by atoms with Gasteiger partial charge in [0.2, 0.25) is 0 Å². The fourth-order valence-corrected chi connectivity index (χ4v) is 4.02. The van der Waals surface area contributed by atoms with Crippen LogP contribution in [0.25, 0.3) is 0 Å². The number of methoxy groups -OCH3 is 1. The van der Waals surface area contributed by atoms with E-state index in [1.165, 1.54) is 5.56 Å². The monoisotopic (exact) mass is 329 g/mol. The third-order valence-electron chi connectivity index (χ3n) is 5.64. The lowest BCUT2D eigenvalue weighted by Crippen LogP contribution is -2.44. The van der Waals surface area contributed by atoms with Crippen LogP contribution in [-0.4, -0.2) is 42.9 Å². The summed E-state index contributed by atoms with van der Waals surface area (Å²) in [6, 6.07) is 4.24. The van der Waals surface area contributed by atoms with E-state index in [1.54, 1.807) is 19.3 Å². The molecule has 0 aliphatic carbocycles. The Labute approximate surface area is 144 Å². The smallest absolute Gasteiger partial charge is 0.166 e. The van der Waals surface area contributed by atoms with Crippen LogP contribution < -0.4 is 4.74 Å². The second-order valence-electron chi connectivity index (χ2n) is 7.16. The van der Waals surface area contributed by atoms with Crippen LogP contribution >= 0.6 is 0 Å². The summed E-state index contributed by atoms with van der Waals surface area (Å²) in [5.74, 6) is 1.56. The Morgan fingerprint density at radius 1 is 1.50 bits per heavy atom. The normalized spacial score (nSPS) is 30.1. The van der Waals surface area contributed by atoms with Crippen molar-refractivity contribution in [2.24, 2.45) is 0 Å². The van der Waals surface area contributed by atoms with Crippen LogP contribution in [-0.2, 0) is 16.6 Å². The largest absolute Gasteiger partial charge is 0.504 e. The molecular weight excluding hydrogens is 302 g/mol. The van der Waals surface area contributed by atoms with Gasteiger partial charge in [0, 0.05) is 17.0 Å². The predicted molar refractivity (Wildman–Crippen MR) is 95.6 cm³/mol. The highest BCUT2D eigenvalue weighted by Crippen LogP contribution is 2.53. The van der Waals surface area contributed by atoms with E-state index in [0.717, 1.165) is 30.7 Å². The Morgan fingerprint density at radius 3 is 2.92 bits per heavy atom. The van der Waals surface area contributed by atoms with Crippen molar-refractivity contribution in [3.05, 3.63) is 47.7 Å². The molecular formula is C20H27NO3. The van der Waals surface area contributed by atoms with Crippen LogP contribution in [0.4, 0.5) is 0 Å². The number of benzene rings is 1. The number of phenols is 1. The Bertz CT molecular complexity index is 682. The fourth-order valence-electron chi connectivity index (χ4n) is 4.02. The Hall–Kier alpha value is -1.94. The second-order valence-corrected chi connectivity index (χ2v) is 7.16. The molecule has 3 rings (SSSR count). The molecule has 2 heterocycles. The standard InChI is InChI=1S/C20H27NO3/c1-6-7-16(23-5)19-20(3)10-11-21(4)13(2)12-14-8-9-15(22)18(24-19)17(14)20/h6-9,13,19,22H,1,10-12H2,2-5H3/b16-7+/t13-,19-,20+/m0/s1. The number of ether oxygens (including phenoxy) is 2. The fraction of sp³-hybridized carbons (Fsp3) is 0.500. The van der Waals surface area contributed by atoms with E-state index < -0.39 is 0 Å². The number of phenolic OH excluding ortho intramolecular Hbond substituents is 1. The molecule has 0 saturated heterocycles. The van der Waals surface area contributed by atoms with Crippen LogP contribution in [0.5, 0.6) is 11.5 Å². The average Bonchev–Trinajstić information content (AvgIpc) is 2.87. The molecule has 1 N–H and O–H groups in total. The van der Waals surface area contributed by atoms with Crippen molar-refractivity contribution in [3.8, 4) is 11.5 Å². The molecule has 4 nitrogen and oxygen atoms in total. The van der Waals surface area contributed by atoms with Crippen LogP contribution in [0, 0.1) is 0 Å². The molecule has 2 aliphatic heterocycles. The van der Waals surface area contributed by atoms with Gasteiger partial charge in [-0.2, -0.15) is 0 Å². The molecule has 0 aromatic heterocycles. The van der Waals surface area contributed by atoms with Gasteiger partial charge in [-0.3, -0.25) is 0 Å². The second kappa shape index (κ2) is 6.17. The summed E-state index contributed by atoms with van der Waals surface area (Å²) < 4.78 is 11.8. The lowest BCUT2D eigenvalue weighted by atomic mass is 9.71. The molecule has 4 heteroatoms. The first-order chi connectivity index (χ1) is 11.4. The van der Waals surface area contributed by atoms with Crippen molar-refractivity contribution in [2.45, 2.75) is 44.2 Å². The predicted octanol–water partition coefficient (Wildman–Crippen LogP) is 3.39. The minimum atomic E-state index is -0.260. The summed E-state index contributed by atoms with van der Waals surface area (Å²) in [4.78, 5) is 2.39. The summed E-state index contributed by atoms with van der Waals surface area (Å²) in [6.45, 7) is 9.20. The topological polar surface area (TPSA) is 41.9 Å². The van der Waals surface area contributed by atoms with Gasteiger partial charge in [-0.05, 0) is 51.1 Å². The molecule has 1 aromatic rings. The molecule has 0 amide bonds. The van der Waals surface area contributed by atoms with E-state index in [1.807, 2.05) is 12.1 Å². The first kappa shape index (κ1) is 16.9. The van der Waals surface area contributed by atoms with Gasteiger partial charge in [-0.15, -0.1) is 0 Å². The summed E-state index contributed by atoms with van der Waals surface area (Å²) in [6.07, 6.45) is 5.18. The Balaban J connectivity index is 2.18. The summed E-state index contributed by atoms with van der Waals surface area (Å²) in [7, 11) is 3.82. The van der Waals surface area contributed by atoms with Crippen LogP contribution in [0.1, 0.15) is 31.4 Å². The minimum absolute atomic E-state index is 0.207. The highest BCUT2D eigenvalue weighted by molar-refractivity contribution is 5.58. The molecule has 24 heavy (non-hydrogen) atoms. The van der Waals surface area contributed by atoms with Gasteiger partial charge in [0.25, 0.3) is 0 Å². The molecule has 0 saturated carbocycles. The number of hydrogen-bond acceptors (Lipinski definition) is 4. The van der Waals surface area contributed by atoms with E-state index in [4.69, 9.17) is 9.47 Å².